The van der Waals surface area contributed by atoms with Crippen molar-refractivity contribution in [2.24, 2.45) is 0 Å². The first-order valence-corrected chi connectivity index (χ1v) is 9.32. The summed E-state index contributed by atoms with van der Waals surface area (Å²) in [5.41, 5.74) is 1.39. The molecular weight excluding hydrogens is 390 g/mol. The van der Waals surface area contributed by atoms with Crippen molar-refractivity contribution in [2.75, 3.05) is 20.3 Å². The monoisotopic (exact) mass is 411 g/mol. The van der Waals surface area contributed by atoms with E-state index in [1.807, 2.05) is 0 Å². The predicted molar refractivity (Wildman–Crippen MR) is 108 cm³/mol. The summed E-state index contributed by atoms with van der Waals surface area (Å²) in [7, 11) is 1.52. The van der Waals surface area contributed by atoms with Crippen LogP contribution in [0.25, 0.3) is 11.0 Å². The molecule has 0 fully saturated rings. The van der Waals surface area contributed by atoms with E-state index in [-0.39, 0.29) is 30.8 Å². The van der Waals surface area contributed by atoms with Crippen LogP contribution in [0.3, 0.4) is 0 Å². The average Bonchev–Trinajstić information content (AvgIpc) is 2.73. The highest BCUT2D eigenvalue weighted by molar-refractivity contribution is 5.92. The summed E-state index contributed by atoms with van der Waals surface area (Å²) in [6.07, 6.45) is 3.30. The van der Waals surface area contributed by atoms with Crippen molar-refractivity contribution in [1.82, 2.24) is 4.98 Å². The van der Waals surface area contributed by atoms with Crippen LogP contribution >= 0.6 is 0 Å². The third kappa shape index (κ3) is 5.30. The van der Waals surface area contributed by atoms with Crippen molar-refractivity contribution >= 4 is 22.9 Å². The van der Waals surface area contributed by atoms with Crippen LogP contribution in [0.5, 0.6) is 5.75 Å². The van der Waals surface area contributed by atoms with E-state index in [1.165, 1.54) is 25.4 Å². The van der Waals surface area contributed by atoms with Gasteiger partial charge in [0.1, 0.15) is 17.9 Å². The number of pyridine rings is 1. The average molecular weight is 411 g/mol. The van der Waals surface area contributed by atoms with Crippen LogP contribution in [-0.2, 0) is 20.7 Å². The van der Waals surface area contributed by atoms with E-state index in [0.29, 0.717) is 23.1 Å². The lowest BCUT2D eigenvalue weighted by Crippen LogP contribution is -2.13. The van der Waals surface area contributed by atoms with Crippen LogP contribution in [-0.4, -0.2) is 37.2 Å². The summed E-state index contributed by atoms with van der Waals surface area (Å²) in [5.74, 6) is -0.802. The van der Waals surface area contributed by atoms with Gasteiger partial charge in [0.2, 0.25) is 0 Å². The number of carbonyl (C=O) groups excluding carboxylic acids is 2. The normalized spacial score (nSPS) is 10.7. The van der Waals surface area contributed by atoms with Crippen LogP contribution in [0.15, 0.2) is 51.9 Å². The van der Waals surface area contributed by atoms with Gasteiger partial charge in [-0.3, -0.25) is 9.78 Å². The Balaban J connectivity index is 1.89. The molecule has 0 amide bonds. The standard InChI is InChI=1S/C22H21NO7/c1-14-10-21(25)29-19-12-18(30-22(26)16-4-3-7-23-13-16)15(11-17(14)19)5-6-20(24)28-9-8-27-2/h3-4,7,10-13H,5-6,8-9H2,1-2H3. The quantitative estimate of drug-likeness (QED) is 0.241. The topological polar surface area (TPSA) is 105 Å². The molecule has 0 saturated heterocycles. The molecule has 8 nitrogen and oxygen atoms in total. The van der Waals surface area contributed by atoms with Crippen LogP contribution in [0, 0.1) is 6.92 Å². The molecule has 2 heterocycles. The number of hydrogen-bond acceptors (Lipinski definition) is 8. The Hall–Kier alpha value is -3.52. The van der Waals surface area contributed by atoms with E-state index < -0.39 is 17.6 Å². The fraction of sp³-hybridized carbons (Fsp3) is 0.273. The lowest BCUT2D eigenvalue weighted by molar-refractivity contribution is -0.144. The van der Waals surface area contributed by atoms with Crippen LogP contribution in [0.4, 0.5) is 0 Å². The van der Waals surface area contributed by atoms with Crippen LogP contribution in [0.1, 0.15) is 27.9 Å². The second-order valence-corrected chi connectivity index (χ2v) is 6.55. The van der Waals surface area contributed by atoms with Gasteiger partial charge in [0.25, 0.3) is 0 Å². The van der Waals surface area contributed by atoms with Crippen molar-refractivity contribution in [2.45, 2.75) is 19.8 Å². The molecule has 30 heavy (non-hydrogen) atoms. The van der Waals surface area contributed by atoms with Gasteiger partial charge in [0.15, 0.2) is 0 Å². The Bertz CT molecular complexity index is 1110. The number of carbonyl (C=O) groups is 2. The van der Waals surface area contributed by atoms with E-state index in [1.54, 1.807) is 31.3 Å². The summed E-state index contributed by atoms with van der Waals surface area (Å²) in [6, 6.07) is 7.82. The Morgan fingerprint density at radius 2 is 2.00 bits per heavy atom. The third-order valence-corrected chi connectivity index (χ3v) is 4.38. The first-order chi connectivity index (χ1) is 14.5. The molecule has 0 saturated carbocycles. The van der Waals surface area contributed by atoms with E-state index in [4.69, 9.17) is 18.6 Å². The largest absolute Gasteiger partial charge is 0.463 e. The zero-order valence-corrected chi connectivity index (χ0v) is 16.7. The first kappa shape index (κ1) is 21.2. The SMILES string of the molecule is COCCOC(=O)CCc1cc2c(C)cc(=O)oc2cc1OC(=O)c1cccnc1. The number of ether oxygens (including phenoxy) is 3. The predicted octanol–water partition coefficient (Wildman–Crippen LogP) is 2.84. The van der Waals surface area contributed by atoms with E-state index in [9.17, 15) is 14.4 Å². The minimum atomic E-state index is -0.610. The zero-order valence-electron chi connectivity index (χ0n) is 16.7. The molecule has 8 heteroatoms. The number of fused-ring (bicyclic) bond motifs is 1. The smallest absolute Gasteiger partial charge is 0.345 e. The number of hydrogen-bond donors (Lipinski definition) is 0. The van der Waals surface area contributed by atoms with E-state index >= 15 is 0 Å². The molecule has 0 aliphatic heterocycles. The van der Waals surface area contributed by atoms with E-state index in [2.05, 4.69) is 4.98 Å². The number of methoxy groups -OCH3 is 1. The summed E-state index contributed by atoms with van der Waals surface area (Å²) >= 11 is 0. The van der Waals surface area contributed by atoms with Crippen molar-refractivity contribution in [3.8, 4) is 5.75 Å². The van der Waals surface area contributed by atoms with Gasteiger partial charge in [0, 0.05) is 43.4 Å². The fourth-order valence-electron chi connectivity index (χ4n) is 2.87. The number of benzene rings is 1. The van der Waals surface area contributed by atoms with Gasteiger partial charge in [0.05, 0.1) is 12.2 Å². The number of aromatic nitrogens is 1. The van der Waals surface area contributed by atoms with Gasteiger partial charge < -0.3 is 18.6 Å². The number of nitrogens with zero attached hydrogens (tertiary/aromatic N) is 1. The lowest BCUT2D eigenvalue weighted by atomic mass is 10.0. The van der Waals surface area contributed by atoms with Crippen molar-refractivity contribution in [1.29, 1.82) is 0 Å². The molecule has 0 atom stereocenters. The molecule has 2 aromatic heterocycles. The van der Waals surface area contributed by atoms with E-state index in [0.717, 1.165) is 5.56 Å². The molecule has 0 spiro atoms. The van der Waals surface area contributed by atoms with Crippen LogP contribution in [0.2, 0.25) is 0 Å². The van der Waals surface area contributed by atoms with Crippen molar-refractivity contribution in [3.63, 3.8) is 0 Å². The number of rotatable bonds is 8. The molecule has 3 rings (SSSR count). The molecule has 0 radical (unpaired) electrons. The second kappa shape index (κ2) is 9.80. The molecule has 1 aromatic carbocycles. The number of aryl methyl sites for hydroxylation is 2. The molecule has 0 unspecified atom stereocenters. The maximum Gasteiger partial charge on any atom is 0.345 e. The molecule has 0 aliphatic carbocycles. The minimum Gasteiger partial charge on any atom is -0.463 e. The zero-order chi connectivity index (χ0) is 21.5. The van der Waals surface area contributed by atoms with Gasteiger partial charge in [-0.2, -0.15) is 0 Å². The lowest BCUT2D eigenvalue weighted by Gasteiger charge is -2.12. The Morgan fingerprint density at radius 3 is 2.73 bits per heavy atom. The summed E-state index contributed by atoms with van der Waals surface area (Å²) in [5, 5.41) is 0.693. The van der Waals surface area contributed by atoms with Gasteiger partial charge in [-0.15, -0.1) is 0 Å². The van der Waals surface area contributed by atoms with Gasteiger partial charge in [-0.1, -0.05) is 0 Å². The highest BCUT2D eigenvalue weighted by Gasteiger charge is 2.16. The molecule has 156 valence electrons. The number of esters is 2. The van der Waals surface area contributed by atoms with Crippen molar-refractivity contribution in [3.05, 3.63) is 69.8 Å². The molecule has 0 N–H and O–H groups in total. The molecule has 0 bridgehead atoms. The Kier molecular flexibility index (Phi) is 6.92. The first-order valence-electron chi connectivity index (χ1n) is 9.32. The van der Waals surface area contributed by atoms with Gasteiger partial charge >= 0.3 is 17.6 Å². The highest BCUT2D eigenvalue weighted by Crippen LogP contribution is 2.29. The Labute approximate surface area is 172 Å². The summed E-state index contributed by atoms with van der Waals surface area (Å²) in [4.78, 5) is 40.1. The maximum absolute atomic E-state index is 12.5. The third-order valence-electron chi connectivity index (χ3n) is 4.38. The van der Waals surface area contributed by atoms with Crippen LogP contribution < -0.4 is 10.4 Å². The molecule has 0 aliphatic rings. The second-order valence-electron chi connectivity index (χ2n) is 6.55. The van der Waals surface area contributed by atoms with Gasteiger partial charge in [-0.05, 0) is 42.7 Å². The highest BCUT2D eigenvalue weighted by atomic mass is 16.6. The summed E-state index contributed by atoms with van der Waals surface area (Å²) in [6.45, 7) is 2.26. The fourth-order valence-corrected chi connectivity index (χ4v) is 2.87. The summed E-state index contributed by atoms with van der Waals surface area (Å²) < 4.78 is 20.7. The minimum absolute atomic E-state index is 0.0858. The maximum atomic E-state index is 12.5. The Morgan fingerprint density at radius 1 is 1.17 bits per heavy atom. The van der Waals surface area contributed by atoms with Gasteiger partial charge in [-0.25, -0.2) is 9.59 Å². The molecule has 3 aromatic rings. The van der Waals surface area contributed by atoms with Crippen molar-refractivity contribution < 1.29 is 28.2 Å². The molecular formula is C22H21NO7.